The van der Waals surface area contributed by atoms with Crippen molar-refractivity contribution in [2.75, 3.05) is 0 Å². The van der Waals surface area contributed by atoms with Crippen molar-refractivity contribution < 1.29 is 0 Å². The van der Waals surface area contributed by atoms with E-state index in [0.717, 1.165) is 16.5 Å². The molecule has 18 heavy (non-hydrogen) atoms. The number of aromatic nitrogens is 2. The number of nitrogens with zero attached hydrogens (tertiary/aromatic N) is 2. The summed E-state index contributed by atoms with van der Waals surface area (Å²) in [7, 11) is 1.74. The molecule has 0 amide bonds. The van der Waals surface area contributed by atoms with Gasteiger partial charge in [-0.05, 0) is 23.3 Å². The lowest BCUT2D eigenvalue weighted by Gasteiger charge is -2.09. The molecule has 0 aliphatic heterocycles. The fourth-order valence-electron chi connectivity index (χ4n) is 2.13. The molecule has 0 aliphatic rings. The highest BCUT2D eigenvalue weighted by atomic mass is 16.1. The number of fused-ring (bicyclic) bond motifs is 1. The number of benzene rings is 1. The Morgan fingerprint density at radius 2 is 1.83 bits per heavy atom. The van der Waals surface area contributed by atoms with Gasteiger partial charge in [0.1, 0.15) is 5.65 Å². The number of hydrogen-bond acceptors (Lipinski definition) is 2. The van der Waals surface area contributed by atoms with Gasteiger partial charge < -0.3 is 0 Å². The maximum Gasteiger partial charge on any atom is 0.252 e. The third-order valence-corrected chi connectivity index (χ3v) is 3.08. The minimum absolute atomic E-state index is 0.0416. The number of hydrogen-bond donors (Lipinski definition) is 0. The first-order chi connectivity index (χ1) is 8.77. The topological polar surface area (TPSA) is 34.9 Å². The Hall–Kier alpha value is -2.42. The fourth-order valence-corrected chi connectivity index (χ4v) is 2.13. The summed E-state index contributed by atoms with van der Waals surface area (Å²) in [6, 6.07) is 15.4. The Morgan fingerprint density at radius 3 is 2.61 bits per heavy atom. The number of rotatable bonds is 1. The molecule has 3 aromatic rings. The molecule has 0 aliphatic carbocycles. The molecular weight excluding hydrogens is 224 g/mol. The molecule has 0 saturated heterocycles. The van der Waals surface area contributed by atoms with Crippen molar-refractivity contribution in [3.05, 3.63) is 65.1 Å². The summed E-state index contributed by atoms with van der Waals surface area (Å²) in [6.45, 7) is 0. The van der Waals surface area contributed by atoms with Crippen molar-refractivity contribution in [3.63, 3.8) is 0 Å². The van der Waals surface area contributed by atoms with Crippen molar-refractivity contribution >= 4 is 11.0 Å². The van der Waals surface area contributed by atoms with Crippen LogP contribution in [0.4, 0.5) is 0 Å². The highest BCUT2D eigenvalue weighted by molar-refractivity contribution is 5.92. The van der Waals surface area contributed by atoms with Crippen LogP contribution in [-0.2, 0) is 7.05 Å². The molecule has 0 saturated carbocycles. The summed E-state index contributed by atoms with van der Waals surface area (Å²) in [4.78, 5) is 16.2. The van der Waals surface area contributed by atoms with E-state index in [1.165, 1.54) is 0 Å². The zero-order valence-corrected chi connectivity index (χ0v) is 10.00. The molecule has 2 heterocycles. The van der Waals surface area contributed by atoms with Gasteiger partial charge in [0, 0.05) is 24.7 Å². The zero-order chi connectivity index (χ0) is 12.5. The summed E-state index contributed by atoms with van der Waals surface area (Å²) in [6.07, 6.45) is 1.70. The maximum absolute atomic E-state index is 12.0. The average Bonchev–Trinajstić information content (AvgIpc) is 2.44. The number of aryl methyl sites for hydroxylation is 1. The second-order valence-electron chi connectivity index (χ2n) is 4.20. The molecule has 0 radical (unpaired) electrons. The van der Waals surface area contributed by atoms with Crippen molar-refractivity contribution in [3.8, 4) is 11.1 Å². The van der Waals surface area contributed by atoms with E-state index in [1.807, 2.05) is 42.5 Å². The molecule has 3 heteroatoms. The van der Waals surface area contributed by atoms with Crippen molar-refractivity contribution in [1.29, 1.82) is 0 Å². The monoisotopic (exact) mass is 236 g/mol. The third-order valence-electron chi connectivity index (χ3n) is 3.08. The van der Waals surface area contributed by atoms with Crippen molar-refractivity contribution in [2.45, 2.75) is 0 Å². The zero-order valence-electron chi connectivity index (χ0n) is 10.00. The lowest BCUT2D eigenvalue weighted by atomic mass is 10.0. The normalized spacial score (nSPS) is 10.7. The van der Waals surface area contributed by atoms with E-state index in [0.29, 0.717) is 5.65 Å². The molecular formula is C15H12N2O. The Labute approximate surface area is 104 Å². The van der Waals surface area contributed by atoms with Gasteiger partial charge >= 0.3 is 0 Å². The number of pyridine rings is 2. The third kappa shape index (κ3) is 1.61. The second kappa shape index (κ2) is 4.11. The Bertz CT molecular complexity index is 760. The summed E-state index contributed by atoms with van der Waals surface area (Å²) in [5.74, 6) is 0. The van der Waals surface area contributed by atoms with Gasteiger partial charge in [-0.25, -0.2) is 4.98 Å². The van der Waals surface area contributed by atoms with Crippen LogP contribution in [0, 0.1) is 0 Å². The molecule has 3 nitrogen and oxygen atoms in total. The Morgan fingerprint density at radius 1 is 1.06 bits per heavy atom. The van der Waals surface area contributed by atoms with Gasteiger partial charge in [-0.1, -0.05) is 30.3 Å². The van der Waals surface area contributed by atoms with Crippen LogP contribution in [0.25, 0.3) is 22.2 Å². The van der Waals surface area contributed by atoms with Gasteiger partial charge in [0.05, 0.1) is 0 Å². The van der Waals surface area contributed by atoms with E-state index in [-0.39, 0.29) is 5.56 Å². The SMILES string of the molecule is Cn1c(=O)cc(-c2ccccc2)c2cccnc21. The molecule has 88 valence electrons. The molecule has 0 spiro atoms. The summed E-state index contributed by atoms with van der Waals surface area (Å²) < 4.78 is 1.57. The van der Waals surface area contributed by atoms with Gasteiger partial charge in [0.15, 0.2) is 0 Å². The predicted octanol–water partition coefficient (Wildman–Crippen LogP) is 2.60. The summed E-state index contributed by atoms with van der Waals surface area (Å²) in [5, 5.41) is 0.991. The predicted molar refractivity (Wildman–Crippen MR) is 72.4 cm³/mol. The lowest BCUT2D eigenvalue weighted by Crippen LogP contribution is -2.17. The van der Waals surface area contributed by atoms with Gasteiger partial charge in [0.25, 0.3) is 5.56 Å². The van der Waals surface area contributed by atoms with E-state index in [1.54, 1.807) is 23.9 Å². The van der Waals surface area contributed by atoms with Gasteiger partial charge in [-0.2, -0.15) is 0 Å². The van der Waals surface area contributed by atoms with Crippen LogP contribution in [0.1, 0.15) is 0 Å². The first kappa shape index (κ1) is 10.7. The van der Waals surface area contributed by atoms with E-state index in [2.05, 4.69) is 4.98 Å². The van der Waals surface area contributed by atoms with E-state index in [9.17, 15) is 4.79 Å². The Kier molecular flexibility index (Phi) is 2.45. The van der Waals surface area contributed by atoms with Crippen LogP contribution < -0.4 is 5.56 Å². The van der Waals surface area contributed by atoms with Crippen LogP contribution >= 0.6 is 0 Å². The highest BCUT2D eigenvalue weighted by Gasteiger charge is 2.08. The largest absolute Gasteiger partial charge is 0.296 e. The highest BCUT2D eigenvalue weighted by Crippen LogP contribution is 2.25. The quantitative estimate of drug-likeness (QED) is 0.651. The Balaban J connectivity index is 2.44. The van der Waals surface area contributed by atoms with Crippen LogP contribution in [0.15, 0.2) is 59.5 Å². The fraction of sp³-hybridized carbons (Fsp3) is 0.0667. The summed E-state index contributed by atoms with van der Waals surface area (Å²) in [5.41, 5.74) is 2.64. The molecule has 3 rings (SSSR count). The van der Waals surface area contributed by atoms with Crippen LogP contribution in [0.3, 0.4) is 0 Å². The minimum Gasteiger partial charge on any atom is -0.296 e. The van der Waals surface area contributed by atoms with Gasteiger partial charge in [-0.15, -0.1) is 0 Å². The van der Waals surface area contributed by atoms with E-state index >= 15 is 0 Å². The van der Waals surface area contributed by atoms with E-state index < -0.39 is 0 Å². The first-order valence-corrected chi connectivity index (χ1v) is 5.77. The maximum atomic E-state index is 12.0. The second-order valence-corrected chi connectivity index (χ2v) is 4.20. The molecule has 0 fully saturated rings. The van der Waals surface area contributed by atoms with E-state index in [4.69, 9.17) is 0 Å². The first-order valence-electron chi connectivity index (χ1n) is 5.77. The average molecular weight is 236 g/mol. The van der Waals surface area contributed by atoms with Gasteiger partial charge in [-0.3, -0.25) is 9.36 Å². The molecule has 2 aromatic heterocycles. The standard InChI is InChI=1S/C15H12N2O/c1-17-14(18)10-13(11-6-3-2-4-7-11)12-8-5-9-16-15(12)17/h2-10H,1H3. The molecule has 1 aromatic carbocycles. The van der Waals surface area contributed by atoms with Gasteiger partial charge in [0.2, 0.25) is 0 Å². The molecule has 0 bridgehead atoms. The summed E-state index contributed by atoms with van der Waals surface area (Å²) >= 11 is 0. The molecule has 0 atom stereocenters. The van der Waals surface area contributed by atoms with Crippen LogP contribution in [0.2, 0.25) is 0 Å². The lowest BCUT2D eigenvalue weighted by molar-refractivity contribution is 0.888. The molecule has 0 unspecified atom stereocenters. The molecule has 0 N–H and O–H groups in total. The minimum atomic E-state index is -0.0416. The smallest absolute Gasteiger partial charge is 0.252 e. The van der Waals surface area contributed by atoms with Crippen LogP contribution in [-0.4, -0.2) is 9.55 Å². The van der Waals surface area contributed by atoms with Crippen LogP contribution in [0.5, 0.6) is 0 Å². The van der Waals surface area contributed by atoms with Crippen molar-refractivity contribution in [1.82, 2.24) is 9.55 Å². The van der Waals surface area contributed by atoms with Crippen molar-refractivity contribution in [2.24, 2.45) is 7.05 Å².